The summed E-state index contributed by atoms with van der Waals surface area (Å²) in [5.41, 5.74) is 2.55. The molecule has 0 bridgehead atoms. The smallest absolute Gasteiger partial charge is 0.0350 e. The fourth-order valence-electron chi connectivity index (χ4n) is 2.98. The second-order valence-electron chi connectivity index (χ2n) is 6.04. The number of rotatable bonds is 5. The van der Waals surface area contributed by atoms with Gasteiger partial charge < -0.3 is 15.1 Å². The average molecular weight is 276 g/mol. The number of piperazine rings is 1. The molecular weight excluding hydrogens is 248 g/mol. The van der Waals surface area contributed by atoms with Crippen LogP contribution in [0.3, 0.4) is 0 Å². The Labute approximate surface area is 123 Å². The van der Waals surface area contributed by atoms with Crippen LogP contribution in [0.25, 0.3) is 0 Å². The molecule has 0 aliphatic carbocycles. The van der Waals surface area contributed by atoms with E-state index in [1.165, 1.54) is 17.7 Å². The van der Waals surface area contributed by atoms with Gasteiger partial charge in [-0.15, -0.1) is 0 Å². The summed E-state index contributed by atoms with van der Waals surface area (Å²) in [6.07, 6.45) is 5.07. The molecule has 1 aliphatic rings. The molecular formula is C16H28N4. The van der Waals surface area contributed by atoms with Crippen LogP contribution in [0.1, 0.15) is 30.5 Å². The SMILES string of the molecule is CCNC(CC1CN(C)CCN1C)c1cncc(C)c1. The molecule has 2 unspecified atom stereocenters. The Morgan fingerprint density at radius 2 is 2.15 bits per heavy atom. The monoisotopic (exact) mass is 276 g/mol. The standard InChI is InChI=1S/C16H28N4/c1-5-18-16(14-8-13(2)10-17-11-14)9-15-12-19(3)6-7-20(15)4/h8,10-11,15-16,18H,5-7,9,12H2,1-4H3. The molecule has 2 atom stereocenters. The fraction of sp³-hybridized carbons (Fsp3) is 0.688. The van der Waals surface area contributed by atoms with E-state index in [9.17, 15) is 0 Å². The molecule has 1 aromatic rings. The van der Waals surface area contributed by atoms with Crippen LogP contribution in [-0.2, 0) is 0 Å². The summed E-state index contributed by atoms with van der Waals surface area (Å²) in [6, 6.07) is 3.26. The molecule has 0 aromatic carbocycles. The van der Waals surface area contributed by atoms with Gasteiger partial charge in [-0.05, 0) is 45.1 Å². The highest BCUT2D eigenvalue weighted by Crippen LogP contribution is 2.22. The first-order valence-electron chi connectivity index (χ1n) is 7.64. The lowest BCUT2D eigenvalue weighted by molar-refractivity contribution is 0.101. The molecule has 0 spiro atoms. The maximum atomic E-state index is 4.35. The molecule has 1 fully saturated rings. The Hall–Kier alpha value is -0.970. The van der Waals surface area contributed by atoms with Crippen LogP contribution in [0.2, 0.25) is 0 Å². The van der Waals surface area contributed by atoms with Gasteiger partial charge in [0, 0.05) is 44.1 Å². The van der Waals surface area contributed by atoms with Gasteiger partial charge in [0.15, 0.2) is 0 Å². The van der Waals surface area contributed by atoms with Gasteiger partial charge in [0.2, 0.25) is 0 Å². The van der Waals surface area contributed by atoms with Gasteiger partial charge in [0.05, 0.1) is 0 Å². The number of hydrogen-bond donors (Lipinski definition) is 1. The molecule has 1 aromatic heterocycles. The van der Waals surface area contributed by atoms with E-state index in [1.54, 1.807) is 0 Å². The number of likely N-dealkylation sites (N-methyl/N-ethyl adjacent to an activating group) is 2. The lowest BCUT2D eigenvalue weighted by Gasteiger charge is -2.39. The average Bonchev–Trinajstić information content (AvgIpc) is 2.42. The van der Waals surface area contributed by atoms with E-state index in [2.05, 4.69) is 54.1 Å². The summed E-state index contributed by atoms with van der Waals surface area (Å²) in [7, 11) is 4.46. The Morgan fingerprint density at radius 3 is 2.85 bits per heavy atom. The zero-order valence-electron chi connectivity index (χ0n) is 13.3. The summed E-state index contributed by atoms with van der Waals surface area (Å²) in [6.45, 7) is 8.76. The van der Waals surface area contributed by atoms with Crippen LogP contribution in [0.5, 0.6) is 0 Å². The minimum atomic E-state index is 0.395. The zero-order chi connectivity index (χ0) is 14.5. The molecule has 4 heteroatoms. The number of nitrogens with one attached hydrogen (secondary N) is 1. The van der Waals surface area contributed by atoms with E-state index >= 15 is 0 Å². The van der Waals surface area contributed by atoms with Crippen molar-refractivity contribution in [3.8, 4) is 0 Å². The van der Waals surface area contributed by atoms with E-state index in [4.69, 9.17) is 0 Å². The maximum absolute atomic E-state index is 4.35. The minimum Gasteiger partial charge on any atom is -0.310 e. The molecule has 1 aliphatic heterocycles. The molecule has 2 rings (SSSR count). The van der Waals surface area contributed by atoms with E-state index < -0.39 is 0 Å². The highest BCUT2D eigenvalue weighted by atomic mass is 15.3. The summed E-state index contributed by atoms with van der Waals surface area (Å²) in [5.74, 6) is 0. The highest BCUT2D eigenvalue weighted by molar-refractivity contribution is 5.20. The lowest BCUT2D eigenvalue weighted by Crippen LogP contribution is -2.51. The number of nitrogens with zero attached hydrogens (tertiary/aromatic N) is 3. The Morgan fingerprint density at radius 1 is 1.35 bits per heavy atom. The predicted octanol–water partition coefficient (Wildman–Crippen LogP) is 1.68. The van der Waals surface area contributed by atoms with Crippen LogP contribution in [-0.4, -0.2) is 61.1 Å². The second-order valence-corrected chi connectivity index (χ2v) is 6.04. The zero-order valence-corrected chi connectivity index (χ0v) is 13.3. The van der Waals surface area contributed by atoms with Crippen molar-refractivity contribution in [2.45, 2.75) is 32.4 Å². The van der Waals surface area contributed by atoms with Crippen molar-refractivity contribution in [2.75, 3.05) is 40.3 Å². The molecule has 0 saturated carbocycles. The normalized spacial score (nSPS) is 22.9. The molecule has 20 heavy (non-hydrogen) atoms. The highest BCUT2D eigenvalue weighted by Gasteiger charge is 2.25. The number of pyridine rings is 1. The third-order valence-corrected chi connectivity index (χ3v) is 4.24. The Balaban J connectivity index is 2.08. The molecule has 4 nitrogen and oxygen atoms in total. The topological polar surface area (TPSA) is 31.4 Å². The fourth-order valence-corrected chi connectivity index (χ4v) is 2.98. The molecule has 1 saturated heterocycles. The number of hydrogen-bond acceptors (Lipinski definition) is 4. The summed E-state index contributed by atoms with van der Waals surface area (Å²) >= 11 is 0. The third-order valence-electron chi connectivity index (χ3n) is 4.24. The van der Waals surface area contributed by atoms with Gasteiger partial charge in [0.25, 0.3) is 0 Å². The first-order chi connectivity index (χ1) is 9.60. The van der Waals surface area contributed by atoms with Gasteiger partial charge in [0.1, 0.15) is 0 Å². The van der Waals surface area contributed by atoms with Crippen LogP contribution < -0.4 is 5.32 Å². The summed E-state index contributed by atoms with van der Waals surface area (Å²) in [5, 5.41) is 3.62. The van der Waals surface area contributed by atoms with Crippen molar-refractivity contribution in [3.63, 3.8) is 0 Å². The van der Waals surface area contributed by atoms with Crippen LogP contribution in [0.4, 0.5) is 0 Å². The molecule has 1 N–H and O–H groups in total. The first-order valence-corrected chi connectivity index (χ1v) is 7.64. The van der Waals surface area contributed by atoms with Crippen LogP contribution in [0.15, 0.2) is 18.5 Å². The van der Waals surface area contributed by atoms with Crippen molar-refractivity contribution in [2.24, 2.45) is 0 Å². The van der Waals surface area contributed by atoms with E-state index in [0.29, 0.717) is 12.1 Å². The number of aromatic nitrogens is 1. The Bertz CT molecular complexity index is 421. The van der Waals surface area contributed by atoms with E-state index in [0.717, 1.165) is 26.1 Å². The lowest BCUT2D eigenvalue weighted by atomic mass is 9.97. The first kappa shape index (κ1) is 15.4. The molecule has 2 heterocycles. The summed E-state index contributed by atoms with van der Waals surface area (Å²) in [4.78, 5) is 9.28. The van der Waals surface area contributed by atoms with Gasteiger partial charge in [-0.1, -0.05) is 13.0 Å². The third kappa shape index (κ3) is 4.01. The predicted molar refractivity (Wildman–Crippen MR) is 83.9 cm³/mol. The Kier molecular flexibility index (Phi) is 5.52. The quantitative estimate of drug-likeness (QED) is 0.886. The van der Waals surface area contributed by atoms with Crippen molar-refractivity contribution in [1.29, 1.82) is 0 Å². The van der Waals surface area contributed by atoms with Gasteiger partial charge in [-0.2, -0.15) is 0 Å². The molecule has 0 radical (unpaired) electrons. The van der Waals surface area contributed by atoms with Gasteiger partial charge >= 0.3 is 0 Å². The van der Waals surface area contributed by atoms with Gasteiger partial charge in [-0.3, -0.25) is 4.98 Å². The second kappa shape index (κ2) is 7.16. The maximum Gasteiger partial charge on any atom is 0.0350 e. The summed E-state index contributed by atoms with van der Waals surface area (Å²) < 4.78 is 0. The van der Waals surface area contributed by atoms with Crippen LogP contribution >= 0.6 is 0 Å². The van der Waals surface area contributed by atoms with E-state index in [1.807, 2.05) is 12.4 Å². The largest absolute Gasteiger partial charge is 0.310 e. The number of aryl methyl sites for hydroxylation is 1. The van der Waals surface area contributed by atoms with Gasteiger partial charge in [-0.25, -0.2) is 0 Å². The van der Waals surface area contributed by atoms with Crippen LogP contribution in [0, 0.1) is 6.92 Å². The van der Waals surface area contributed by atoms with Crippen molar-refractivity contribution >= 4 is 0 Å². The molecule has 0 amide bonds. The van der Waals surface area contributed by atoms with E-state index in [-0.39, 0.29) is 0 Å². The van der Waals surface area contributed by atoms with Crippen molar-refractivity contribution in [3.05, 3.63) is 29.6 Å². The van der Waals surface area contributed by atoms with Crippen molar-refractivity contribution in [1.82, 2.24) is 20.1 Å². The molecule has 112 valence electrons. The minimum absolute atomic E-state index is 0.395. The van der Waals surface area contributed by atoms with Crippen molar-refractivity contribution < 1.29 is 0 Å².